The number of carbonyl (C=O) groups excluding carboxylic acids is 1. The van der Waals surface area contributed by atoms with Gasteiger partial charge >= 0.3 is 0 Å². The number of nitrogens with zero attached hydrogens (tertiary/aromatic N) is 4. The largest absolute Gasteiger partial charge is 0.362 e. The molecule has 1 aliphatic rings. The van der Waals surface area contributed by atoms with E-state index in [0.717, 1.165) is 17.1 Å². The first-order chi connectivity index (χ1) is 12.9. The van der Waals surface area contributed by atoms with Crippen LogP contribution in [0.4, 0.5) is 11.4 Å². The summed E-state index contributed by atoms with van der Waals surface area (Å²) in [6.45, 7) is 8.40. The topological polar surface area (TPSA) is 79.6 Å². The molecule has 0 spiro atoms. The summed E-state index contributed by atoms with van der Waals surface area (Å²) < 4.78 is 0. The number of hydrogen-bond donors (Lipinski definition) is 0. The second-order valence-corrected chi connectivity index (χ2v) is 8.23. The van der Waals surface area contributed by atoms with Gasteiger partial charge in [0.15, 0.2) is 0 Å². The molecule has 0 atom stereocenters. The molecular weight excluding hydrogens is 364 g/mol. The summed E-state index contributed by atoms with van der Waals surface area (Å²) in [7, 11) is 0. The van der Waals surface area contributed by atoms with Gasteiger partial charge in [-0.1, -0.05) is 26.0 Å². The van der Waals surface area contributed by atoms with Crippen LogP contribution in [0.25, 0.3) is 0 Å². The van der Waals surface area contributed by atoms with Crippen LogP contribution in [0.1, 0.15) is 34.2 Å². The fourth-order valence-electron chi connectivity index (χ4n) is 3.27. The molecule has 0 saturated carbocycles. The zero-order valence-electron chi connectivity index (χ0n) is 15.8. The lowest BCUT2D eigenvalue weighted by Gasteiger charge is -2.35. The minimum atomic E-state index is -0.357. The normalized spacial score (nSPS) is 14.7. The van der Waals surface area contributed by atoms with Gasteiger partial charge in [0.2, 0.25) is 0 Å². The number of para-hydroxylation sites is 2. The molecule has 1 fully saturated rings. The highest BCUT2D eigenvalue weighted by Crippen LogP contribution is 2.29. The Labute approximate surface area is 162 Å². The summed E-state index contributed by atoms with van der Waals surface area (Å²) in [6.07, 6.45) is 0.879. The van der Waals surface area contributed by atoms with Gasteiger partial charge in [-0.3, -0.25) is 14.9 Å². The van der Waals surface area contributed by atoms with Crippen molar-refractivity contribution in [2.45, 2.75) is 27.2 Å². The molecule has 7 nitrogen and oxygen atoms in total. The first kappa shape index (κ1) is 19.3. The highest BCUT2D eigenvalue weighted by atomic mass is 32.1. The van der Waals surface area contributed by atoms with Crippen LogP contribution in [-0.2, 0) is 6.42 Å². The van der Waals surface area contributed by atoms with E-state index in [1.54, 1.807) is 18.2 Å². The third-order valence-electron chi connectivity index (χ3n) is 4.60. The van der Waals surface area contributed by atoms with Crippen LogP contribution in [0.2, 0.25) is 0 Å². The number of nitro groups is 1. The molecule has 0 bridgehead atoms. The highest BCUT2D eigenvalue weighted by Gasteiger charge is 2.28. The van der Waals surface area contributed by atoms with Crippen LogP contribution >= 0.6 is 11.3 Å². The molecule has 2 aromatic rings. The van der Waals surface area contributed by atoms with Crippen molar-refractivity contribution >= 4 is 28.6 Å². The zero-order valence-corrected chi connectivity index (χ0v) is 16.7. The number of piperazine rings is 1. The Morgan fingerprint density at radius 3 is 2.56 bits per heavy atom. The van der Waals surface area contributed by atoms with E-state index in [9.17, 15) is 14.9 Å². The number of thiazole rings is 1. The molecule has 0 N–H and O–H groups in total. The fourth-order valence-corrected chi connectivity index (χ4v) is 4.51. The standard InChI is InChI=1S/C19H24N4O3S/c1-13(2)12-17-20-14(3)18(27-17)19(24)22-10-8-21(9-11-22)15-6-4-5-7-16(15)23(25)26/h4-7,13H,8-12H2,1-3H3. The number of aromatic nitrogens is 1. The number of aryl methyl sites for hydroxylation is 1. The molecule has 1 aliphatic heterocycles. The minimum absolute atomic E-state index is 0.0159. The van der Waals surface area contributed by atoms with E-state index >= 15 is 0 Å². The summed E-state index contributed by atoms with van der Waals surface area (Å²) >= 11 is 1.49. The van der Waals surface area contributed by atoms with Gasteiger partial charge in [0.1, 0.15) is 10.6 Å². The van der Waals surface area contributed by atoms with Gasteiger partial charge in [0, 0.05) is 38.7 Å². The maximum absolute atomic E-state index is 12.9. The maximum atomic E-state index is 12.9. The van der Waals surface area contributed by atoms with Crippen molar-refractivity contribution < 1.29 is 9.72 Å². The maximum Gasteiger partial charge on any atom is 0.292 e. The number of hydrogen-bond acceptors (Lipinski definition) is 6. The SMILES string of the molecule is Cc1nc(CC(C)C)sc1C(=O)N1CCN(c2ccccc2[N+](=O)[O-])CC1. The number of amides is 1. The molecule has 0 radical (unpaired) electrons. The molecule has 1 amide bonds. The summed E-state index contributed by atoms with van der Waals surface area (Å²) in [5.74, 6) is 0.519. The summed E-state index contributed by atoms with van der Waals surface area (Å²) in [4.78, 5) is 32.9. The van der Waals surface area contributed by atoms with Crippen LogP contribution in [0.5, 0.6) is 0 Å². The molecule has 1 saturated heterocycles. The van der Waals surface area contributed by atoms with Crippen molar-refractivity contribution in [3.05, 3.63) is 50.0 Å². The van der Waals surface area contributed by atoms with Crippen LogP contribution in [0.3, 0.4) is 0 Å². The van der Waals surface area contributed by atoms with Crippen molar-refractivity contribution in [3.63, 3.8) is 0 Å². The van der Waals surface area contributed by atoms with Crippen LogP contribution in [-0.4, -0.2) is 46.9 Å². The molecule has 1 aromatic heterocycles. The van der Waals surface area contributed by atoms with Crippen molar-refractivity contribution in [2.75, 3.05) is 31.1 Å². The Hall–Kier alpha value is -2.48. The third kappa shape index (κ3) is 4.27. The molecule has 0 unspecified atom stereocenters. The van der Waals surface area contributed by atoms with Gasteiger partial charge in [-0.15, -0.1) is 11.3 Å². The van der Waals surface area contributed by atoms with Crippen molar-refractivity contribution in [1.29, 1.82) is 0 Å². The van der Waals surface area contributed by atoms with Crippen LogP contribution < -0.4 is 4.90 Å². The lowest BCUT2D eigenvalue weighted by molar-refractivity contribution is -0.384. The molecule has 144 valence electrons. The van der Waals surface area contributed by atoms with Gasteiger partial charge in [-0.25, -0.2) is 4.98 Å². The van der Waals surface area contributed by atoms with Gasteiger partial charge in [0.05, 0.1) is 15.6 Å². The molecule has 2 heterocycles. The number of anilines is 1. The molecular formula is C19H24N4O3S. The Balaban J connectivity index is 1.68. The minimum Gasteiger partial charge on any atom is -0.362 e. The molecule has 27 heavy (non-hydrogen) atoms. The summed E-state index contributed by atoms with van der Waals surface area (Å²) in [5, 5.41) is 12.3. The number of carbonyl (C=O) groups is 1. The first-order valence-corrected chi connectivity index (χ1v) is 9.92. The monoisotopic (exact) mass is 388 g/mol. The number of rotatable bonds is 5. The Bertz CT molecular complexity index is 841. The van der Waals surface area contributed by atoms with Gasteiger partial charge < -0.3 is 9.80 Å². The van der Waals surface area contributed by atoms with E-state index in [-0.39, 0.29) is 16.5 Å². The van der Waals surface area contributed by atoms with E-state index in [4.69, 9.17) is 0 Å². The smallest absolute Gasteiger partial charge is 0.292 e. The van der Waals surface area contributed by atoms with Crippen LogP contribution in [0.15, 0.2) is 24.3 Å². The van der Waals surface area contributed by atoms with Crippen molar-refractivity contribution in [1.82, 2.24) is 9.88 Å². The Morgan fingerprint density at radius 1 is 1.26 bits per heavy atom. The average Bonchev–Trinajstić information content (AvgIpc) is 3.00. The quantitative estimate of drug-likeness (QED) is 0.578. The van der Waals surface area contributed by atoms with Crippen molar-refractivity contribution in [2.24, 2.45) is 5.92 Å². The van der Waals surface area contributed by atoms with Gasteiger partial charge in [0.25, 0.3) is 11.6 Å². The third-order valence-corrected chi connectivity index (χ3v) is 5.77. The van der Waals surface area contributed by atoms with E-state index in [0.29, 0.717) is 42.7 Å². The second-order valence-electron chi connectivity index (χ2n) is 7.15. The summed E-state index contributed by atoms with van der Waals surface area (Å²) in [5.41, 5.74) is 1.51. The molecule has 3 rings (SSSR count). The first-order valence-electron chi connectivity index (χ1n) is 9.10. The lowest BCUT2D eigenvalue weighted by atomic mass is 10.1. The van der Waals surface area contributed by atoms with E-state index in [1.807, 2.05) is 16.7 Å². The highest BCUT2D eigenvalue weighted by molar-refractivity contribution is 7.13. The van der Waals surface area contributed by atoms with E-state index in [2.05, 4.69) is 18.8 Å². The molecule has 1 aromatic carbocycles. The van der Waals surface area contributed by atoms with Gasteiger partial charge in [-0.05, 0) is 18.9 Å². The lowest BCUT2D eigenvalue weighted by Crippen LogP contribution is -2.48. The van der Waals surface area contributed by atoms with E-state index < -0.39 is 0 Å². The fraction of sp³-hybridized carbons (Fsp3) is 0.474. The number of benzene rings is 1. The van der Waals surface area contributed by atoms with E-state index in [1.165, 1.54) is 17.4 Å². The second kappa shape index (κ2) is 8.04. The molecule has 8 heteroatoms. The summed E-state index contributed by atoms with van der Waals surface area (Å²) in [6, 6.07) is 6.75. The number of nitro benzene ring substituents is 1. The predicted octanol–water partition coefficient (Wildman–Crippen LogP) is 3.52. The van der Waals surface area contributed by atoms with Gasteiger partial charge in [-0.2, -0.15) is 0 Å². The Kier molecular flexibility index (Phi) is 5.74. The zero-order chi connectivity index (χ0) is 19.6. The average molecular weight is 388 g/mol. The van der Waals surface area contributed by atoms with Crippen molar-refractivity contribution in [3.8, 4) is 0 Å². The Morgan fingerprint density at radius 2 is 1.93 bits per heavy atom. The van der Waals surface area contributed by atoms with Crippen LogP contribution in [0, 0.1) is 23.0 Å². The molecule has 0 aliphatic carbocycles. The predicted molar refractivity (Wildman–Crippen MR) is 107 cm³/mol.